The SMILES string of the molecule is CC(c1cc(Cl)cc(C(F)(F)F)c1)N1CCC(COc2cc(F)c(C(=O)NS(C)(=O)=O)cc2C2CC2)CC1. The zero-order valence-electron chi connectivity index (χ0n) is 20.9. The van der Waals surface area contributed by atoms with Crippen LogP contribution in [0.1, 0.15) is 71.6 Å². The molecule has 4 rings (SSSR count). The summed E-state index contributed by atoms with van der Waals surface area (Å²) in [5.41, 5.74) is 0.0666. The van der Waals surface area contributed by atoms with Gasteiger partial charge in [0, 0.05) is 17.1 Å². The molecule has 0 aromatic heterocycles. The molecule has 0 spiro atoms. The van der Waals surface area contributed by atoms with Crippen LogP contribution in [0.25, 0.3) is 0 Å². The zero-order chi connectivity index (χ0) is 27.8. The molecule has 1 saturated heterocycles. The van der Waals surface area contributed by atoms with Gasteiger partial charge in [-0.25, -0.2) is 17.5 Å². The second kappa shape index (κ2) is 11.0. The second-order valence-corrected chi connectivity index (χ2v) is 12.3. The van der Waals surface area contributed by atoms with Gasteiger partial charge in [0.1, 0.15) is 11.6 Å². The van der Waals surface area contributed by atoms with Gasteiger partial charge < -0.3 is 4.74 Å². The standard InChI is InChI=1S/C26H29ClF4N2O4S/c1-15(18-9-19(26(29,30)31)11-20(27)10-18)33-7-5-16(6-8-33)14-37-24-13-23(28)22(12-21(24)17-3-4-17)25(34)32-38(2,35)36/h9-13,15-17H,3-8,14H2,1-2H3,(H,32,34). The number of ether oxygens (including phenoxy) is 1. The van der Waals surface area contributed by atoms with Crippen molar-refractivity contribution < 1.29 is 35.5 Å². The van der Waals surface area contributed by atoms with Crippen molar-refractivity contribution in [2.45, 2.75) is 50.7 Å². The van der Waals surface area contributed by atoms with Gasteiger partial charge in [-0.2, -0.15) is 13.2 Å². The highest BCUT2D eigenvalue weighted by atomic mass is 35.5. The summed E-state index contributed by atoms with van der Waals surface area (Å²) in [4.78, 5) is 14.3. The van der Waals surface area contributed by atoms with Crippen molar-refractivity contribution in [3.05, 3.63) is 63.4 Å². The van der Waals surface area contributed by atoms with E-state index in [1.54, 1.807) is 10.8 Å². The average Bonchev–Trinajstić information content (AvgIpc) is 3.66. The fourth-order valence-electron chi connectivity index (χ4n) is 4.75. The molecule has 1 unspecified atom stereocenters. The van der Waals surface area contributed by atoms with Crippen LogP contribution < -0.4 is 9.46 Å². The van der Waals surface area contributed by atoms with Gasteiger partial charge in [-0.1, -0.05) is 11.6 Å². The summed E-state index contributed by atoms with van der Waals surface area (Å²) in [5.74, 6) is -1.27. The van der Waals surface area contributed by atoms with Crippen molar-refractivity contribution in [1.29, 1.82) is 0 Å². The van der Waals surface area contributed by atoms with Crippen molar-refractivity contribution in [2.75, 3.05) is 26.0 Å². The van der Waals surface area contributed by atoms with E-state index < -0.39 is 33.5 Å². The monoisotopic (exact) mass is 576 g/mol. The van der Waals surface area contributed by atoms with E-state index in [0.717, 1.165) is 50.1 Å². The van der Waals surface area contributed by atoms with E-state index in [-0.39, 0.29) is 28.5 Å². The fraction of sp³-hybridized carbons (Fsp3) is 0.500. The number of carbonyl (C=O) groups is 1. The largest absolute Gasteiger partial charge is 0.493 e. The predicted molar refractivity (Wildman–Crippen MR) is 135 cm³/mol. The van der Waals surface area contributed by atoms with E-state index in [9.17, 15) is 30.8 Å². The molecule has 1 amide bonds. The van der Waals surface area contributed by atoms with Gasteiger partial charge >= 0.3 is 6.18 Å². The molecule has 1 aliphatic carbocycles. The van der Waals surface area contributed by atoms with E-state index in [1.165, 1.54) is 6.07 Å². The molecule has 38 heavy (non-hydrogen) atoms. The number of halogens is 5. The third-order valence-electron chi connectivity index (χ3n) is 7.04. The minimum Gasteiger partial charge on any atom is -0.493 e. The van der Waals surface area contributed by atoms with Crippen LogP contribution in [0, 0.1) is 11.7 Å². The molecule has 1 N–H and O–H groups in total. The van der Waals surface area contributed by atoms with Gasteiger partial charge in [0.15, 0.2) is 0 Å². The Bertz CT molecular complexity index is 1310. The number of likely N-dealkylation sites (tertiary alicyclic amines) is 1. The number of sulfonamides is 1. The molecule has 1 atom stereocenters. The molecule has 0 bridgehead atoms. The molecule has 1 heterocycles. The van der Waals surface area contributed by atoms with Gasteiger partial charge in [-0.3, -0.25) is 9.69 Å². The fourth-order valence-corrected chi connectivity index (χ4v) is 5.44. The normalized spacial score (nSPS) is 18.3. The predicted octanol–water partition coefficient (Wildman–Crippen LogP) is 5.92. The number of nitrogens with zero attached hydrogens (tertiary/aromatic N) is 1. The van der Waals surface area contributed by atoms with Gasteiger partial charge in [-0.05, 0) is 92.9 Å². The number of rotatable bonds is 8. The molecule has 2 aromatic carbocycles. The molecular formula is C26H29ClF4N2O4S. The number of alkyl halides is 3. The molecule has 0 radical (unpaired) electrons. The van der Waals surface area contributed by atoms with Gasteiger partial charge in [0.25, 0.3) is 5.91 Å². The van der Waals surface area contributed by atoms with E-state index in [4.69, 9.17) is 16.3 Å². The quantitative estimate of drug-likeness (QED) is 0.395. The Morgan fingerprint density at radius 3 is 2.37 bits per heavy atom. The lowest BCUT2D eigenvalue weighted by atomic mass is 9.94. The third kappa shape index (κ3) is 7.18. The lowest BCUT2D eigenvalue weighted by Crippen LogP contribution is -2.37. The Morgan fingerprint density at radius 1 is 1.13 bits per heavy atom. The third-order valence-corrected chi connectivity index (χ3v) is 7.82. The van der Waals surface area contributed by atoms with Crippen molar-refractivity contribution >= 4 is 27.5 Å². The van der Waals surface area contributed by atoms with Crippen LogP contribution in [0.3, 0.4) is 0 Å². The summed E-state index contributed by atoms with van der Waals surface area (Å²) < 4.78 is 84.9. The Kier molecular flexibility index (Phi) is 8.30. The molecule has 208 valence electrons. The number of nitrogens with one attached hydrogen (secondary N) is 1. The molecule has 2 fully saturated rings. The smallest absolute Gasteiger partial charge is 0.416 e. The summed E-state index contributed by atoms with van der Waals surface area (Å²) in [6.45, 7) is 3.48. The Labute approximate surface area is 224 Å². The molecule has 1 aliphatic heterocycles. The highest BCUT2D eigenvalue weighted by Gasteiger charge is 2.33. The average molecular weight is 577 g/mol. The maximum Gasteiger partial charge on any atom is 0.416 e. The highest BCUT2D eigenvalue weighted by molar-refractivity contribution is 7.89. The Balaban J connectivity index is 1.38. The molecule has 6 nitrogen and oxygen atoms in total. The maximum atomic E-state index is 14.7. The van der Waals surface area contributed by atoms with E-state index >= 15 is 0 Å². The first kappa shape index (κ1) is 28.6. The highest BCUT2D eigenvalue weighted by Crippen LogP contribution is 2.45. The maximum absolute atomic E-state index is 14.7. The molecular weight excluding hydrogens is 548 g/mol. The number of carbonyl (C=O) groups excluding carboxylic acids is 1. The Morgan fingerprint density at radius 2 is 1.79 bits per heavy atom. The molecule has 12 heteroatoms. The molecule has 2 aliphatic rings. The van der Waals surface area contributed by atoms with Crippen molar-refractivity contribution in [1.82, 2.24) is 9.62 Å². The summed E-state index contributed by atoms with van der Waals surface area (Å²) in [7, 11) is -3.84. The first-order valence-electron chi connectivity index (χ1n) is 12.3. The number of hydrogen-bond acceptors (Lipinski definition) is 5. The number of benzene rings is 2. The summed E-state index contributed by atoms with van der Waals surface area (Å²) >= 11 is 5.96. The topological polar surface area (TPSA) is 75.7 Å². The lowest BCUT2D eigenvalue weighted by Gasteiger charge is -2.36. The summed E-state index contributed by atoms with van der Waals surface area (Å²) in [5, 5.41) is 0.0449. The summed E-state index contributed by atoms with van der Waals surface area (Å²) in [6, 6.07) is 5.87. The number of hydrogen-bond donors (Lipinski definition) is 1. The van der Waals surface area contributed by atoms with Crippen LogP contribution in [0.15, 0.2) is 30.3 Å². The van der Waals surface area contributed by atoms with Crippen LogP contribution in [-0.4, -0.2) is 45.2 Å². The number of amides is 1. The van der Waals surface area contributed by atoms with Gasteiger partial charge in [0.05, 0.1) is 24.0 Å². The number of piperidine rings is 1. The molecule has 1 saturated carbocycles. The van der Waals surface area contributed by atoms with Gasteiger partial charge in [0.2, 0.25) is 10.0 Å². The first-order valence-corrected chi connectivity index (χ1v) is 14.6. The van der Waals surface area contributed by atoms with Gasteiger partial charge in [-0.15, -0.1) is 0 Å². The first-order chi connectivity index (χ1) is 17.7. The summed E-state index contributed by atoms with van der Waals surface area (Å²) in [6.07, 6.45) is -0.433. The minimum atomic E-state index is -4.47. The minimum absolute atomic E-state index is 0.0449. The van der Waals surface area contributed by atoms with Crippen LogP contribution >= 0.6 is 11.6 Å². The van der Waals surface area contributed by atoms with Crippen molar-refractivity contribution in [3.63, 3.8) is 0 Å². The zero-order valence-corrected chi connectivity index (χ0v) is 22.5. The van der Waals surface area contributed by atoms with E-state index in [1.807, 2.05) is 6.92 Å². The molecule has 2 aromatic rings. The lowest BCUT2D eigenvalue weighted by molar-refractivity contribution is -0.137. The van der Waals surface area contributed by atoms with E-state index in [2.05, 4.69) is 4.90 Å². The van der Waals surface area contributed by atoms with Crippen LogP contribution in [0.2, 0.25) is 5.02 Å². The van der Waals surface area contributed by atoms with Crippen LogP contribution in [0.5, 0.6) is 5.75 Å². The Hall–Kier alpha value is -2.37. The second-order valence-electron chi connectivity index (χ2n) is 10.1. The van der Waals surface area contributed by atoms with E-state index in [0.29, 0.717) is 36.6 Å². The van der Waals surface area contributed by atoms with Crippen LogP contribution in [0.4, 0.5) is 17.6 Å². The van der Waals surface area contributed by atoms with Crippen LogP contribution in [-0.2, 0) is 16.2 Å². The van der Waals surface area contributed by atoms with Crippen molar-refractivity contribution in [2.24, 2.45) is 5.92 Å². The van der Waals surface area contributed by atoms with Crippen molar-refractivity contribution in [3.8, 4) is 5.75 Å².